The standard InChI is InChI=1S/C35H61O16P/c1-2-3-4-5-6-7-8-9-10-11-12-13-14-15-16-19-28(39)48-23-26(50-29(40)20-17-18-25(36)21-22-27(37)38)24-49-52(46,47)51-35-33(44)31(42)30(41)32(43)34(35)45/h9-10,21-22,25-26,30-36,41-45H,2-8,11-20,23-24H2,1H3,(H,37,38)(H,46,47)/b10-9-,22-21+/t25?,26-,30?,31-,32?,33?,34?,35?/m1/s1. The van der Waals surface area contributed by atoms with Gasteiger partial charge in [-0.3, -0.25) is 18.6 Å². The molecule has 1 aliphatic carbocycles. The summed E-state index contributed by atoms with van der Waals surface area (Å²) in [5.74, 6) is -2.72. The largest absolute Gasteiger partial charge is 0.478 e. The van der Waals surface area contributed by atoms with Crippen LogP contribution < -0.4 is 0 Å². The summed E-state index contributed by atoms with van der Waals surface area (Å²) in [6.07, 6.45) is 5.53. The number of phosphoric ester groups is 1. The molecule has 17 heteroatoms. The lowest BCUT2D eigenvalue weighted by Crippen LogP contribution is -2.64. The van der Waals surface area contributed by atoms with Gasteiger partial charge in [0.2, 0.25) is 0 Å². The van der Waals surface area contributed by atoms with Gasteiger partial charge in [0, 0.05) is 18.9 Å². The minimum atomic E-state index is -5.20. The molecular weight excluding hydrogens is 707 g/mol. The highest BCUT2D eigenvalue weighted by Gasteiger charge is 2.51. The lowest BCUT2D eigenvalue weighted by molar-refractivity contribution is -0.220. The number of aliphatic hydroxyl groups is 6. The fourth-order valence-electron chi connectivity index (χ4n) is 5.39. The number of allylic oxidation sites excluding steroid dienone is 2. The Bertz CT molecular complexity index is 1100. The molecule has 1 rings (SSSR count). The molecule has 7 unspecified atom stereocenters. The van der Waals surface area contributed by atoms with Crippen LogP contribution in [0.2, 0.25) is 0 Å². The maximum absolute atomic E-state index is 12.7. The van der Waals surface area contributed by atoms with Crippen molar-refractivity contribution >= 4 is 25.7 Å². The van der Waals surface area contributed by atoms with Gasteiger partial charge in [-0.25, -0.2) is 9.36 Å². The Labute approximate surface area is 306 Å². The zero-order valence-corrected chi connectivity index (χ0v) is 31.0. The van der Waals surface area contributed by atoms with E-state index in [0.717, 1.165) is 50.7 Å². The van der Waals surface area contributed by atoms with E-state index in [0.29, 0.717) is 6.42 Å². The van der Waals surface area contributed by atoms with Crippen LogP contribution in [-0.4, -0.2) is 121 Å². The number of hydrogen-bond acceptors (Lipinski definition) is 14. The molecule has 8 N–H and O–H groups in total. The molecule has 1 saturated carbocycles. The van der Waals surface area contributed by atoms with Crippen molar-refractivity contribution in [2.75, 3.05) is 13.2 Å². The second-order valence-corrected chi connectivity index (χ2v) is 14.5. The highest BCUT2D eigenvalue weighted by Crippen LogP contribution is 2.47. The van der Waals surface area contributed by atoms with Crippen molar-refractivity contribution in [3.05, 3.63) is 24.3 Å². The van der Waals surface area contributed by atoms with Gasteiger partial charge < -0.3 is 50.1 Å². The molecule has 0 aromatic rings. The first kappa shape index (κ1) is 47.8. The summed E-state index contributed by atoms with van der Waals surface area (Å²) in [4.78, 5) is 45.7. The summed E-state index contributed by atoms with van der Waals surface area (Å²) in [5, 5.41) is 68.1. The van der Waals surface area contributed by atoms with Gasteiger partial charge in [0.1, 0.15) is 43.2 Å². The van der Waals surface area contributed by atoms with E-state index in [4.69, 9.17) is 23.6 Å². The van der Waals surface area contributed by atoms with Gasteiger partial charge in [-0.1, -0.05) is 70.4 Å². The van der Waals surface area contributed by atoms with Crippen molar-refractivity contribution in [1.29, 1.82) is 0 Å². The molecule has 0 radical (unpaired) electrons. The van der Waals surface area contributed by atoms with E-state index < -0.39 is 87.8 Å². The van der Waals surface area contributed by atoms with Gasteiger partial charge in [0.05, 0.1) is 12.7 Å². The Balaban J connectivity index is 2.55. The van der Waals surface area contributed by atoms with Crippen molar-refractivity contribution in [2.45, 2.75) is 165 Å². The fourth-order valence-corrected chi connectivity index (χ4v) is 6.36. The lowest BCUT2D eigenvalue weighted by Gasteiger charge is -2.41. The first-order valence-corrected chi connectivity index (χ1v) is 19.8. The minimum absolute atomic E-state index is 0.0170. The molecule has 0 amide bonds. The zero-order chi connectivity index (χ0) is 38.9. The third-order valence-corrected chi connectivity index (χ3v) is 9.45. The normalized spacial score (nSPS) is 24.5. The molecule has 302 valence electrons. The average molecular weight is 769 g/mol. The molecule has 1 aliphatic rings. The van der Waals surface area contributed by atoms with Crippen LogP contribution in [0.4, 0.5) is 0 Å². The van der Waals surface area contributed by atoms with Crippen LogP contribution in [0.3, 0.4) is 0 Å². The maximum Gasteiger partial charge on any atom is 0.472 e. The van der Waals surface area contributed by atoms with Gasteiger partial charge in [0.25, 0.3) is 0 Å². The number of carbonyl (C=O) groups excluding carboxylic acids is 2. The highest BCUT2D eigenvalue weighted by atomic mass is 31.2. The molecule has 0 aliphatic heterocycles. The Morgan fingerprint density at radius 2 is 1.23 bits per heavy atom. The first-order valence-electron chi connectivity index (χ1n) is 18.3. The molecule has 9 atom stereocenters. The summed E-state index contributed by atoms with van der Waals surface area (Å²) >= 11 is 0. The van der Waals surface area contributed by atoms with Gasteiger partial charge in [-0.05, 0) is 51.0 Å². The predicted octanol–water partition coefficient (Wildman–Crippen LogP) is 2.97. The van der Waals surface area contributed by atoms with Gasteiger partial charge in [-0.15, -0.1) is 0 Å². The smallest absolute Gasteiger partial charge is 0.472 e. The third-order valence-electron chi connectivity index (χ3n) is 8.46. The maximum atomic E-state index is 12.7. The highest BCUT2D eigenvalue weighted by molar-refractivity contribution is 7.47. The predicted molar refractivity (Wildman–Crippen MR) is 188 cm³/mol. The molecular formula is C35H61O16P. The molecule has 0 aromatic carbocycles. The van der Waals surface area contributed by atoms with E-state index in [1.165, 1.54) is 38.5 Å². The van der Waals surface area contributed by atoms with Gasteiger partial charge in [0.15, 0.2) is 6.10 Å². The molecule has 0 spiro atoms. The van der Waals surface area contributed by atoms with E-state index in [1.54, 1.807) is 0 Å². The van der Waals surface area contributed by atoms with Crippen LogP contribution in [0, 0.1) is 0 Å². The number of carboxylic acids is 1. The number of carboxylic acid groups (broad SMARTS) is 1. The van der Waals surface area contributed by atoms with Crippen molar-refractivity contribution in [2.24, 2.45) is 0 Å². The second kappa shape index (κ2) is 27.4. The Morgan fingerprint density at radius 1 is 0.712 bits per heavy atom. The van der Waals surface area contributed by atoms with Gasteiger partial charge >= 0.3 is 25.7 Å². The average Bonchev–Trinajstić information content (AvgIpc) is 3.10. The Kier molecular flexibility index (Phi) is 25.1. The number of ether oxygens (including phenoxy) is 2. The molecule has 52 heavy (non-hydrogen) atoms. The number of hydrogen-bond donors (Lipinski definition) is 8. The number of carbonyl (C=O) groups is 3. The number of unbranched alkanes of at least 4 members (excludes halogenated alkanes) is 11. The summed E-state index contributed by atoms with van der Waals surface area (Å²) in [6, 6.07) is 0. The summed E-state index contributed by atoms with van der Waals surface area (Å²) in [7, 11) is -5.20. The van der Waals surface area contributed by atoms with Crippen molar-refractivity contribution in [3.8, 4) is 0 Å². The molecule has 0 saturated heterocycles. The number of aliphatic carboxylic acids is 1. The SMILES string of the molecule is CCCCCCCC/C=C\CCCCCCCC(=O)OC[C@H](COP(=O)(O)OC1C(O)C(O)C(O)[C@@H](O)C1O)OC(=O)CCCC(O)/C=C/C(=O)O. The van der Waals surface area contributed by atoms with Crippen LogP contribution in [0.25, 0.3) is 0 Å². The van der Waals surface area contributed by atoms with E-state index >= 15 is 0 Å². The lowest BCUT2D eigenvalue weighted by atomic mass is 9.85. The molecule has 0 heterocycles. The summed E-state index contributed by atoms with van der Waals surface area (Å²) in [6.45, 7) is 0.775. The topological polar surface area (TPSA) is 267 Å². The van der Waals surface area contributed by atoms with E-state index in [-0.39, 0.29) is 25.7 Å². The molecule has 1 fully saturated rings. The molecule has 16 nitrogen and oxygen atoms in total. The van der Waals surface area contributed by atoms with E-state index in [2.05, 4.69) is 19.1 Å². The van der Waals surface area contributed by atoms with Crippen LogP contribution in [-0.2, 0) is 37.5 Å². The monoisotopic (exact) mass is 768 g/mol. The third kappa shape index (κ3) is 21.5. The Morgan fingerprint density at radius 3 is 1.81 bits per heavy atom. The molecule has 0 aromatic heterocycles. The van der Waals surface area contributed by atoms with Crippen LogP contribution in [0.5, 0.6) is 0 Å². The Hall–Kier alpha value is -2.24. The number of esters is 2. The van der Waals surface area contributed by atoms with Crippen LogP contribution >= 0.6 is 7.82 Å². The minimum Gasteiger partial charge on any atom is -0.478 e. The van der Waals surface area contributed by atoms with E-state index in [9.17, 15) is 54.5 Å². The van der Waals surface area contributed by atoms with Crippen molar-refractivity contribution in [3.63, 3.8) is 0 Å². The number of rotatable bonds is 29. The van der Waals surface area contributed by atoms with Gasteiger partial charge in [-0.2, -0.15) is 0 Å². The zero-order valence-electron chi connectivity index (χ0n) is 30.2. The van der Waals surface area contributed by atoms with Crippen molar-refractivity contribution in [1.82, 2.24) is 0 Å². The summed E-state index contributed by atoms with van der Waals surface area (Å²) in [5.41, 5.74) is 0. The molecule has 0 bridgehead atoms. The quantitative estimate of drug-likeness (QED) is 0.0179. The van der Waals surface area contributed by atoms with E-state index in [1.807, 2.05) is 0 Å². The number of aliphatic hydroxyl groups excluding tert-OH is 6. The second-order valence-electron chi connectivity index (χ2n) is 13.1. The summed E-state index contributed by atoms with van der Waals surface area (Å²) < 4.78 is 32.8. The van der Waals surface area contributed by atoms with Crippen molar-refractivity contribution < 1.29 is 78.1 Å². The first-order chi connectivity index (χ1) is 24.7. The van der Waals surface area contributed by atoms with Crippen LogP contribution in [0.1, 0.15) is 116 Å². The fraction of sp³-hybridized carbons (Fsp3) is 0.800. The van der Waals surface area contributed by atoms with Crippen LogP contribution in [0.15, 0.2) is 24.3 Å². The number of phosphoric acid groups is 1.